The molecule has 0 aromatic rings. The van der Waals surface area contributed by atoms with Crippen molar-refractivity contribution in [3.05, 3.63) is 0 Å². The minimum atomic E-state index is -1.39. The Morgan fingerprint density at radius 2 is 1.30 bits per heavy atom. The molecule has 2 aliphatic carbocycles. The number of aliphatic hydroxyl groups is 3. The van der Waals surface area contributed by atoms with Crippen LogP contribution in [0, 0.1) is 0 Å². The first kappa shape index (κ1) is 17.5. The summed E-state index contributed by atoms with van der Waals surface area (Å²) in [5.41, 5.74) is 0. The first-order chi connectivity index (χ1) is 10.9. The summed E-state index contributed by atoms with van der Waals surface area (Å²) in [6, 6.07) is 0. The van der Waals surface area contributed by atoms with Crippen LogP contribution in [0.1, 0.15) is 25.7 Å². The molecule has 23 heavy (non-hydrogen) atoms. The second kappa shape index (κ2) is 6.20. The third kappa shape index (κ3) is 2.36. The Balaban J connectivity index is 1.99. The molecule has 8 heteroatoms. The number of fused-ring (bicyclic) bond motifs is 2. The van der Waals surface area contributed by atoms with Gasteiger partial charge in [0.25, 0.3) is 0 Å². The minimum Gasteiger partial charge on any atom is -0.387 e. The van der Waals surface area contributed by atoms with Crippen molar-refractivity contribution in [1.29, 1.82) is 0 Å². The SMILES string of the molecule is CO[C@@H]1[C@@H](O)[C@@H](O)[C@H](O)[C@@H]2O[C@@]3(OC)CCCC[C@]3(OC)O[C@@H]12. The van der Waals surface area contributed by atoms with Crippen LogP contribution in [-0.2, 0) is 23.7 Å². The van der Waals surface area contributed by atoms with Crippen molar-refractivity contribution in [3.8, 4) is 0 Å². The second-order valence-corrected chi connectivity index (χ2v) is 6.46. The third-order valence-corrected chi connectivity index (χ3v) is 5.45. The summed E-state index contributed by atoms with van der Waals surface area (Å²) in [6.45, 7) is 0. The summed E-state index contributed by atoms with van der Waals surface area (Å²) in [5, 5.41) is 30.6. The van der Waals surface area contributed by atoms with E-state index in [-0.39, 0.29) is 0 Å². The second-order valence-electron chi connectivity index (χ2n) is 6.46. The van der Waals surface area contributed by atoms with Gasteiger partial charge >= 0.3 is 0 Å². The Kier molecular flexibility index (Phi) is 4.72. The first-order valence-electron chi connectivity index (χ1n) is 7.98. The van der Waals surface area contributed by atoms with Crippen LogP contribution in [0.3, 0.4) is 0 Å². The molecule has 0 radical (unpaired) electrons. The highest BCUT2D eigenvalue weighted by atomic mass is 16.8. The Labute approximate surface area is 135 Å². The molecule has 0 unspecified atom stereocenters. The summed E-state index contributed by atoms with van der Waals surface area (Å²) in [5.74, 6) is -2.30. The highest BCUT2D eigenvalue weighted by Crippen LogP contribution is 2.51. The average molecular weight is 334 g/mol. The van der Waals surface area contributed by atoms with Crippen molar-refractivity contribution in [2.45, 2.75) is 73.9 Å². The smallest absolute Gasteiger partial charge is 0.223 e. The lowest BCUT2D eigenvalue weighted by Crippen LogP contribution is -2.76. The van der Waals surface area contributed by atoms with Crippen LogP contribution in [0.25, 0.3) is 0 Å². The van der Waals surface area contributed by atoms with Gasteiger partial charge in [0, 0.05) is 34.2 Å². The van der Waals surface area contributed by atoms with Gasteiger partial charge in [-0.25, -0.2) is 0 Å². The maximum atomic E-state index is 10.3. The first-order valence-corrected chi connectivity index (χ1v) is 7.98. The molecule has 8 nitrogen and oxygen atoms in total. The zero-order chi connectivity index (χ0) is 16.8. The van der Waals surface area contributed by atoms with Crippen LogP contribution in [0.4, 0.5) is 0 Å². The van der Waals surface area contributed by atoms with E-state index in [1.54, 1.807) is 0 Å². The van der Waals surface area contributed by atoms with Crippen molar-refractivity contribution in [3.63, 3.8) is 0 Å². The van der Waals surface area contributed by atoms with Gasteiger partial charge in [-0.2, -0.15) is 0 Å². The lowest BCUT2D eigenvalue weighted by molar-refractivity contribution is -0.489. The van der Waals surface area contributed by atoms with Gasteiger partial charge < -0.3 is 39.0 Å². The average Bonchev–Trinajstić information content (AvgIpc) is 2.59. The molecule has 0 spiro atoms. The molecule has 3 N–H and O–H groups in total. The van der Waals surface area contributed by atoms with Crippen LogP contribution < -0.4 is 0 Å². The van der Waals surface area contributed by atoms with Crippen LogP contribution in [0.15, 0.2) is 0 Å². The molecule has 0 bridgehead atoms. The van der Waals surface area contributed by atoms with Gasteiger partial charge in [0.05, 0.1) is 0 Å². The van der Waals surface area contributed by atoms with E-state index in [2.05, 4.69) is 0 Å². The van der Waals surface area contributed by atoms with Crippen LogP contribution in [-0.4, -0.2) is 84.8 Å². The standard InChI is InChI=1S/C15H26O8/c1-19-11-9(17)8(16)10(18)12-13(11)23-15(21-3)7-5-4-6-14(15,20-2)22-12/h8-13,16-18H,4-7H2,1-3H3/t8-,9+,10+,11-,12+,13+,14+,15+/m1/s1. The van der Waals surface area contributed by atoms with E-state index in [1.165, 1.54) is 21.3 Å². The molecule has 1 heterocycles. The van der Waals surface area contributed by atoms with Crippen LogP contribution in [0.5, 0.6) is 0 Å². The molecule has 3 aliphatic rings. The largest absolute Gasteiger partial charge is 0.387 e. The molecule has 2 saturated carbocycles. The third-order valence-electron chi connectivity index (χ3n) is 5.45. The molecule has 0 aromatic heterocycles. The van der Waals surface area contributed by atoms with E-state index >= 15 is 0 Å². The summed E-state index contributed by atoms with van der Waals surface area (Å²) in [7, 11) is 4.45. The molecule has 3 fully saturated rings. The lowest BCUT2D eigenvalue weighted by Gasteiger charge is -2.60. The predicted octanol–water partition coefficient (Wildman–Crippen LogP) is -0.859. The lowest BCUT2D eigenvalue weighted by atomic mass is 9.79. The zero-order valence-electron chi connectivity index (χ0n) is 13.7. The van der Waals surface area contributed by atoms with Gasteiger partial charge in [-0.05, 0) is 12.8 Å². The molecular formula is C15H26O8. The van der Waals surface area contributed by atoms with E-state index in [9.17, 15) is 15.3 Å². The molecule has 1 aliphatic heterocycles. The highest BCUT2D eigenvalue weighted by molar-refractivity contribution is 5.08. The van der Waals surface area contributed by atoms with E-state index in [1.807, 2.05) is 0 Å². The summed E-state index contributed by atoms with van der Waals surface area (Å²) >= 11 is 0. The maximum Gasteiger partial charge on any atom is 0.223 e. The van der Waals surface area contributed by atoms with E-state index < -0.39 is 48.2 Å². The number of aliphatic hydroxyl groups excluding tert-OH is 3. The van der Waals surface area contributed by atoms with E-state index in [4.69, 9.17) is 23.7 Å². The van der Waals surface area contributed by atoms with E-state index in [0.717, 1.165) is 12.8 Å². The van der Waals surface area contributed by atoms with Crippen molar-refractivity contribution in [2.75, 3.05) is 21.3 Å². The van der Waals surface area contributed by atoms with Crippen LogP contribution in [0.2, 0.25) is 0 Å². The summed E-state index contributed by atoms with van der Waals surface area (Å²) in [4.78, 5) is 0. The van der Waals surface area contributed by atoms with Crippen molar-refractivity contribution in [2.24, 2.45) is 0 Å². The van der Waals surface area contributed by atoms with Gasteiger partial charge in [0.2, 0.25) is 11.6 Å². The topological polar surface area (TPSA) is 107 Å². The monoisotopic (exact) mass is 334 g/mol. The minimum absolute atomic E-state index is 0.545. The predicted molar refractivity (Wildman–Crippen MR) is 76.5 cm³/mol. The van der Waals surface area contributed by atoms with Gasteiger partial charge in [0.1, 0.15) is 36.6 Å². The van der Waals surface area contributed by atoms with E-state index in [0.29, 0.717) is 12.8 Å². The summed E-state index contributed by atoms with van der Waals surface area (Å²) in [6.07, 6.45) is -3.65. The Bertz CT molecular complexity index is 434. The van der Waals surface area contributed by atoms with Crippen molar-refractivity contribution in [1.82, 2.24) is 0 Å². The van der Waals surface area contributed by atoms with Crippen LogP contribution >= 0.6 is 0 Å². The molecular weight excluding hydrogens is 308 g/mol. The number of rotatable bonds is 3. The molecule has 3 rings (SSSR count). The number of hydrogen-bond donors (Lipinski definition) is 3. The van der Waals surface area contributed by atoms with Gasteiger partial charge in [-0.1, -0.05) is 0 Å². The number of hydrogen-bond acceptors (Lipinski definition) is 8. The molecule has 1 saturated heterocycles. The van der Waals surface area contributed by atoms with Crippen molar-refractivity contribution < 1.29 is 39.0 Å². The fourth-order valence-corrected chi connectivity index (χ4v) is 4.16. The van der Waals surface area contributed by atoms with Gasteiger partial charge in [0.15, 0.2) is 0 Å². The fourth-order valence-electron chi connectivity index (χ4n) is 4.16. The Morgan fingerprint density at radius 1 is 0.783 bits per heavy atom. The Hall–Kier alpha value is -0.320. The summed E-state index contributed by atoms with van der Waals surface area (Å²) < 4.78 is 28.9. The normalized spacial score (nSPS) is 53.5. The fraction of sp³-hybridized carbons (Fsp3) is 1.00. The quantitative estimate of drug-likeness (QED) is 0.612. The number of ether oxygens (including phenoxy) is 5. The van der Waals surface area contributed by atoms with Gasteiger partial charge in [-0.3, -0.25) is 0 Å². The zero-order valence-corrected chi connectivity index (χ0v) is 13.7. The molecule has 8 atom stereocenters. The molecule has 134 valence electrons. The number of methoxy groups -OCH3 is 3. The Morgan fingerprint density at radius 3 is 1.78 bits per heavy atom. The van der Waals surface area contributed by atoms with Gasteiger partial charge in [-0.15, -0.1) is 0 Å². The van der Waals surface area contributed by atoms with Crippen molar-refractivity contribution >= 4 is 0 Å². The molecule has 0 amide bonds. The highest BCUT2D eigenvalue weighted by Gasteiger charge is 2.67. The molecule has 0 aromatic carbocycles. The maximum absolute atomic E-state index is 10.3.